The maximum atomic E-state index is 11.7. The molecule has 1 aliphatic rings. The number of anilines is 1. The van der Waals surface area contributed by atoms with Gasteiger partial charge in [0.15, 0.2) is 5.75 Å². The maximum Gasteiger partial charge on any atom is 0.384 e. The SMILES string of the molecule is CN(C)S(=O)(=O)Oc1ccccc1N1C(=O)CCC1=O. The zero-order chi connectivity index (χ0) is 14.9. The molecule has 108 valence electrons. The summed E-state index contributed by atoms with van der Waals surface area (Å²) >= 11 is 0. The molecule has 20 heavy (non-hydrogen) atoms. The summed E-state index contributed by atoms with van der Waals surface area (Å²) in [6, 6.07) is 6.04. The molecule has 1 fully saturated rings. The molecule has 2 rings (SSSR count). The summed E-state index contributed by atoms with van der Waals surface area (Å²) in [4.78, 5) is 24.4. The lowest BCUT2D eigenvalue weighted by molar-refractivity contribution is -0.121. The Morgan fingerprint density at radius 2 is 1.65 bits per heavy atom. The van der Waals surface area contributed by atoms with Gasteiger partial charge in [-0.3, -0.25) is 9.59 Å². The smallest absolute Gasteiger partial charge is 0.369 e. The maximum absolute atomic E-state index is 11.7. The second-order valence-electron chi connectivity index (χ2n) is 4.41. The quantitative estimate of drug-likeness (QED) is 0.757. The predicted octanol–water partition coefficient (Wildman–Crippen LogP) is 0.525. The normalized spacial score (nSPS) is 16.1. The van der Waals surface area contributed by atoms with E-state index in [-0.39, 0.29) is 36.1 Å². The molecule has 0 unspecified atom stereocenters. The monoisotopic (exact) mass is 298 g/mol. The van der Waals surface area contributed by atoms with Crippen LogP contribution in [-0.2, 0) is 19.9 Å². The summed E-state index contributed by atoms with van der Waals surface area (Å²) in [7, 11) is -1.31. The van der Waals surface area contributed by atoms with Gasteiger partial charge in [-0.15, -0.1) is 0 Å². The lowest BCUT2D eigenvalue weighted by Crippen LogP contribution is -2.31. The number of hydrogen-bond donors (Lipinski definition) is 0. The van der Waals surface area contributed by atoms with Gasteiger partial charge in [-0.2, -0.15) is 12.7 Å². The van der Waals surface area contributed by atoms with Gasteiger partial charge in [0.05, 0.1) is 5.69 Å². The Kier molecular flexibility index (Phi) is 3.78. The van der Waals surface area contributed by atoms with Crippen molar-refractivity contribution in [3.05, 3.63) is 24.3 Å². The molecular formula is C12H14N2O5S. The molecule has 0 saturated carbocycles. The number of carbonyl (C=O) groups excluding carboxylic acids is 2. The van der Waals surface area contributed by atoms with Crippen LogP contribution in [0.3, 0.4) is 0 Å². The van der Waals surface area contributed by atoms with Crippen LogP contribution in [0.1, 0.15) is 12.8 Å². The van der Waals surface area contributed by atoms with Crippen molar-refractivity contribution < 1.29 is 22.2 Å². The molecule has 2 amide bonds. The van der Waals surface area contributed by atoms with E-state index in [0.717, 1.165) is 9.21 Å². The molecule has 8 heteroatoms. The van der Waals surface area contributed by atoms with Crippen molar-refractivity contribution in [1.29, 1.82) is 0 Å². The first kappa shape index (κ1) is 14.5. The number of benzene rings is 1. The summed E-state index contributed by atoms with van der Waals surface area (Å²) in [5.74, 6) is -0.786. The highest BCUT2D eigenvalue weighted by atomic mass is 32.2. The van der Waals surface area contributed by atoms with Crippen molar-refractivity contribution in [2.24, 2.45) is 0 Å². The van der Waals surface area contributed by atoms with E-state index in [4.69, 9.17) is 4.18 Å². The third-order valence-electron chi connectivity index (χ3n) is 2.80. The molecule has 1 aromatic rings. The molecule has 0 radical (unpaired) electrons. The zero-order valence-electron chi connectivity index (χ0n) is 11.1. The highest BCUT2D eigenvalue weighted by Gasteiger charge is 2.33. The predicted molar refractivity (Wildman–Crippen MR) is 71.4 cm³/mol. The highest BCUT2D eigenvalue weighted by Crippen LogP contribution is 2.32. The Morgan fingerprint density at radius 1 is 1.10 bits per heavy atom. The van der Waals surface area contributed by atoms with Crippen LogP contribution in [0.5, 0.6) is 5.75 Å². The summed E-state index contributed by atoms with van der Waals surface area (Å²) in [5, 5.41) is 0. The summed E-state index contributed by atoms with van der Waals surface area (Å²) in [6.07, 6.45) is 0.237. The topological polar surface area (TPSA) is 84.0 Å². The second kappa shape index (κ2) is 5.22. The van der Waals surface area contributed by atoms with Crippen LogP contribution in [0.2, 0.25) is 0 Å². The number of hydrogen-bond acceptors (Lipinski definition) is 5. The molecule has 0 atom stereocenters. The van der Waals surface area contributed by atoms with Crippen LogP contribution in [-0.4, -0.2) is 38.6 Å². The van der Waals surface area contributed by atoms with Crippen molar-refractivity contribution >= 4 is 27.8 Å². The van der Waals surface area contributed by atoms with E-state index in [1.807, 2.05) is 0 Å². The minimum Gasteiger partial charge on any atom is -0.369 e. The Balaban J connectivity index is 2.42. The van der Waals surface area contributed by atoms with Gasteiger partial charge in [-0.05, 0) is 12.1 Å². The highest BCUT2D eigenvalue weighted by molar-refractivity contribution is 7.84. The summed E-state index contributed by atoms with van der Waals surface area (Å²) < 4.78 is 29.3. The first-order valence-corrected chi connectivity index (χ1v) is 7.26. The number of nitrogens with zero attached hydrogens (tertiary/aromatic N) is 2. The zero-order valence-corrected chi connectivity index (χ0v) is 11.9. The number of para-hydroxylation sites is 2. The van der Waals surface area contributed by atoms with E-state index in [1.165, 1.54) is 26.2 Å². The minimum absolute atomic E-state index is 0.0511. The van der Waals surface area contributed by atoms with Crippen LogP contribution < -0.4 is 9.08 Å². The molecule has 0 aromatic heterocycles. The first-order chi connectivity index (χ1) is 9.33. The van der Waals surface area contributed by atoms with Crippen molar-refractivity contribution in [3.63, 3.8) is 0 Å². The largest absolute Gasteiger partial charge is 0.384 e. The number of rotatable bonds is 4. The van der Waals surface area contributed by atoms with Crippen molar-refractivity contribution in [3.8, 4) is 5.75 Å². The molecule has 1 saturated heterocycles. The molecule has 1 heterocycles. The fraction of sp³-hybridized carbons (Fsp3) is 0.333. The molecule has 0 bridgehead atoms. The minimum atomic E-state index is -3.95. The average molecular weight is 298 g/mol. The van der Waals surface area contributed by atoms with Gasteiger partial charge in [0.1, 0.15) is 0 Å². The van der Waals surface area contributed by atoms with E-state index in [1.54, 1.807) is 12.1 Å². The van der Waals surface area contributed by atoms with E-state index in [2.05, 4.69) is 0 Å². The molecule has 1 aromatic carbocycles. The van der Waals surface area contributed by atoms with Crippen molar-refractivity contribution in [2.75, 3.05) is 19.0 Å². The van der Waals surface area contributed by atoms with Gasteiger partial charge in [0, 0.05) is 26.9 Å². The second-order valence-corrected chi connectivity index (χ2v) is 6.17. The van der Waals surface area contributed by atoms with E-state index >= 15 is 0 Å². The van der Waals surface area contributed by atoms with Crippen molar-refractivity contribution in [1.82, 2.24) is 4.31 Å². The molecule has 0 spiro atoms. The first-order valence-electron chi connectivity index (χ1n) is 5.89. The molecule has 7 nitrogen and oxygen atoms in total. The van der Waals surface area contributed by atoms with E-state index < -0.39 is 10.3 Å². The Hall–Kier alpha value is -1.93. The van der Waals surface area contributed by atoms with Gasteiger partial charge in [0.2, 0.25) is 11.8 Å². The Morgan fingerprint density at radius 3 is 2.20 bits per heavy atom. The lowest BCUT2D eigenvalue weighted by Gasteiger charge is -2.19. The van der Waals surface area contributed by atoms with Crippen LogP contribution in [0.25, 0.3) is 0 Å². The Labute approximate surface area is 117 Å². The fourth-order valence-corrected chi connectivity index (χ4v) is 2.26. The van der Waals surface area contributed by atoms with Gasteiger partial charge in [-0.1, -0.05) is 12.1 Å². The van der Waals surface area contributed by atoms with Crippen molar-refractivity contribution in [2.45, 2.75) is 12.8 Å². The van der Waals surface area contributed by atoms with Crippen LogP contribution in [0.4, 0.5) is 5.69 Å². The number of imide groups is 1. The standard InChI is InChI=1S/C12H14N2O5S/c1-13(2)20(17,18)19-10-6-4-3-5-9(10)14-11(15)7-8-12(14)16/h3-6H,7-8H2,1-2H3. The molecule has 1 aliphatic heterocycles. The fourth-order valence-electron chi connectivity index (χ4n) is 1.75. The van der Waals surface area contributed by atoms with Gasteiger partial charge >= 0.3 is 10.3 Å². The summed E-state index contributed by atoms with van der Waals surface area (Å²) in [5.41, 5.74) is 0.144. The van der Waals surface area contributed by atoms with E-state index in [9.17, 15) is 18.0 Å². The molecule has 0 N–H and O–H groups in total. The van der Waals surface area contributed by atoms with Gasteiger partial charge in [-0.25, -0.2) is 4.90 Å². The van der Waals surface area contributed by atoms with Crippen LogP contribution in [0, 0.1) is 0 Å². The van der Waals surface area contributed by atoms with Gasteiger partial charge < -0.3 is 4.18 Å². The average Bonchev–Trinajstić information content (AvgIpc) is 2.69. The third kappa shape index (κ3) is 2.66. The summed E-state index contributed by atoms with van der Waals surface area (Å²) in [6.45, 7) is 0. The van der Waals surface area contributed by atoms with Gasteiger partial charge in [0.25, 0.3) is 0 Å². The number of carbonyl (C=O) groups is 2. The van der Waals surface area contributed by atoms with E-state index in [0.29, 0.717) is 0 Å². The van der Waals surface area contributed by atoms with Crippen LogP contribution >= 0.6 is 0 Å². The molecule has 0 aliphatic carbocycles. The third-order valence-corrected chi connectivity index (χ3v) is 4.08. The Bertz CT molecular complexity index is 638. The number of amides is 2. The molecular weight excluding hydrogens is 284 g/mol. The van der Waals surface area contributed by atoms with Crippen LogP contribution in [0.15, 0.2) is 24.3 Å². The lowest BCUT2D eigenvalue weighted by atomic mass is 10.2.